The van der Waals surface area contributed by atoms with Crippen LogP contribution in [0.5, 0.6) is 0 Å². The zero-order valence-corrected chi connectivity index (χ0v) is 10.4. The molecule has 5 atom stereocenters. The van der Waals surface area contributed by atoms with Crippen LogP contribution in [0.15, 0.2) is 21.9 Å². The van der Waals surface area contributed by atoms with Gasteiger partial charge in [-0.3, -0.25) is 14.3 Å². The lowest BCUT2D eigenvalue weighted by molar-refractivity contribution is -0.0498. The third kappa shape index (κ3) is 2.38. The summed E-state index contributed by atoms with van der Waals surface area (Å²) >= 11 is 0. The number of aromatic nitrogens is 2. The lowest BCUT2D eigenvalue weighted by Gasteiger charge is -2.16. The average Bonchev–Trinajstić information content (AvgIpc) is 2.58. The zero-order chi connectivity index (χ0) is 13.3. The molecule has 2 rings (SSSR count). The van der Waals surface area contributed by atoms with E-state index in [1.165, 1.54) is 6.20 Å². The molecule has 9 heteroatoms. The van der Waals surface area contributed by atoms with Gasteiger partial charge in [0.2, 0.25) is 0 Å². The standard InChI is InChI=1S/C9H13N2O6P/c12-5-1-2-11(9(15)10-5)8-7(14)6(13)4(17-8)3-16-18/h1-2,4,6-8,13-14H,3,18H2,(H,10,12,15)/t4-,6-,7-,8-/m1/s1. The molecular formula is C9H13N2O6P. The fourth-order valence-corrected chi connectivity index (χ4v) is 2.01. The fraction of sp³-hybridized carbons (Fsp3) is 0.556. The van der Waals surface area contributed by atoms with Crippen LogP contribution in [0.2, 0.25) is 0 Å². The van der Waals surface area contributed by atoms with Crippen molar-refractivity contribution in [3.63, 3.8) is 0 Å². The van der Waals surface area contributed by atoms with Gasteiger partial charge in [0.25, 0.3) is 5.56 Å². The summed E-state index contributed by atoms with van der Waals surface area (Å²) in [5, 5.41) is 19.5. The number of aliphatic hydroxyl groups excluding tert-OH is 2. The number of nitrogens with zero attached hydrogens (tertiary/aromatic N) is 1. The van der Waals surface area contributed by atoms with E-state index in [0.717, 1.165) is 10.6 Å². The molecule has 1 aliphatic heterocycles. The fourth-order valence-electron chi connectivity index (χ4n) is 1.82. The highest BCUT2D eigenvalue weighted by Crippen LogP contribution is 2.28. The van der Waals surface area contributed by atoms with Gasteiger partial charge in [-0.05, 0) is 0 Å². The van der Waals surface area contributed by atoms with Crippen LogP contribution in [0.1, 0.15) is 6.23 Å². The molecule has 1 saturated heterocycles. The van der Waals surface area contributed by atoms with E-state index >= 15 is 0 Å². The van der Waals surface area contributed by atoms with Crippen LogP contribution in [0, 0.1) is 0 Å². The highest BCUT2D eigenvalue weighted by molar-refractivity contribution is 7.09. The molecule has 18 heavy (non-hydrogen) atoms. The van der Waals surface area contributed by atoms with E-state index in [9.17, 15) is 19.8 Å². The smallest absolute Gasteiger partial charge is 0.330 e. The van der Waals surface area contributed by atoms with Gasteiger partial charge in [-0.15, -0.1) is 0 Å². The first-order valence-corrected chi connectivity index (χ1v) is 5.66. The summed E-state index contributed by atoms with van der Waals surface area (Å²) < 4.78 is 11.1. The van der Waals surface area contributed by atoms with Crippen molar-refractivity contribution < 1.29 is 19.5 Å². The monoisotopic (exact) mass is 276 g/mol. The summed E-state index contributed by atoms with van der Waals surface area (Å²) in [6.07, 6.45) is -3.06. The number of hydrogen-bond acceptors (Lipinski definition) is 6. The molecule has 0 aromatic carbocycles. The van der Waals surface area contributed by atoms with Crippen molar-refractivity contribution in [2.45, 2.75) is 24.5 Å². The lowest BCUT2D eigenvalue weighted by Crippen LogP contribution is -2.37. The topological polar surface area (TPSA) is 114 Å². The first-order valence-electron chi connectivity index (χ1n) is 5.19. The van der Waals surface area contributed by atoms with E-state index in [-0.39, 0.29) is 6.61 Å². The van der Waals surface area contributed by atoms with Crippen molar-refractivity contribution >= 4 is 9.47 Å². The van der Waals surface area contributed by atoms with E-state index in [2.05, 4.69) is 0 Å². The number of hydrogen-bond donors (Lipinski definition) is 3. The molecule has 0 saturated carbocycles. The molecule has 1 aromatic heterocycles. The van der Waals surface area contributed by atoms with Crippen molar-refractivity contribution in [3.05, 3.63) is 33.1 Å². The van der Waals surface area contributed by atoms with Gasteiger partial charge in [0.15, 0.2) is 6.23 Å². The van der Waals surface area contributed by atoms with E-state index in [1.807, 2.05) is 14.5 Å². The SMILES string of the molecule is O=c1ccn([C@@H]2O[C@H](COP)[C@@H](O)[C@H]2O)c(=O)[nH]1. The Bertz CT molecular complexity index is 528. The summed E-state index contributed by atoms with van der Waals surface area (Å²) in [6, 6.07) is 1.13. The summed E-state index contributed by atoms with van der Waals surface area (Å²) in [5.74, 6) is 0. The normalized spacial score (nSPS) is 31.7. The first-order chi connectivity index (χ1) is 8.54. The molecule has 100 valence electrons. The second-order valence-corrected chi connectivity index (χ2v) is 4.23. The largest absolute Gasteiger partial charge is 0.387 e. The number of aliphatic hydroxyl groups is 2. The average molecular weight is 276 g/mol. The molecule has 1 aliphatic rings. The van der Waals surface area contributed by atoms with Crippen molar-refractivity contribution in [3.8, 4) is 0 Å². The molecule has 8 nitrogen and oxygen atoms in total. The molecule has 0 spiro atoms. The Morgan fingerprint density at radius 2 is 2.17 bits per heavy atom. The minimum Gasteiger partial charge on any atom is -0.387 e. The van der Waals surface area contributed by atoms with Gasteiger partial charge in [0, 0.05) is 21.7 Å². The minimum absolute atomic E-state index is 0.0531. The summed E-state index contributed by atoms with van der Waals surface area (Å²) in [4.78, 5) is 24.5. The number of H-pyrrole nitrogens is 1. The predicted octanol–water partition coefficient (Wildman–Crippen LogP) is -2.04. The van der Waals surface area contributed by atoms with Crippen molar-refractivity contribution in [2.24, 2.45) is 0 Å². The molecule has 0 aliphatic carbocycles. The van der Waals surface area contributed by atoms with Gasteiger partial charge >= 0.3 is 5.69 Å². The Morgan fingerprint density at radius 1 is 1.44 bits per heavy atom. The van der Waals surface area contributed by atoms with E-state index in [4.69, 9.17) is 9.26 Å². The van der Waals surface area contributed by atoms with Crippen molar-refractivity contribution in [1.82, 2.24) is 9.55 Å². The van der Waals surface area contributed by atoms with Gasteiger partial charge in [-0.2, -0.15) is 0 Å². The van der Waals surface area contributed by atoms with Crippen LogP contribution in [0.25, 0.3) is 0 Å². The number of rotatable bonds is 3. The number of aromatic amines is 1. The summed E-state index contributed by atoms with van der Waals surface area (Å²) in [5.41, 5.74) is -1.26. The Hall–Kier alpha value is -1.05. The van der Waals surface area contributed by atoms with Crippen LogP contribution >= 0.6 is 9.47 Å². The summed E-state index contributed by atoms with van der Waals surface area (Å²) in [7, 11) is 2.00. The van der Waals surface area contributed by atoms with Gasteiger partial charge in [0.05, 0.1) is 6.61 Å². The Kier molecular flexibility index (Phi) is 3.94. The molecular weight excluding hydrogens is 263 g/mol. The van der Waals surface area contributed by atoms with Crippen molar-refractivity contribution in [1.29, 1.82) is 0 Å². The van der Waals surface area contributed by atoms with E-state index < -0.39 is 35.8 Å². The maximum Gasteiger partial charge on any atom is 0.330 e. The number of nitrogens with one attached hydrogen (secondary N) is 1. The van der Waals surface area contributed by atoms with Crippen LogP contribution in [-0.2, 0) is 9.26 Å². The molecule has 0 amide bonds. The molecule has 1 aromatic rings. The highest BCUT2D eigenvalue weighted by atomic mass is 31.0. The zero-order valence-electron chi connectivity index (χ0n) is 9.22. The van der Waals surface area contributed by atoms with E-state index in [1.54, 1.807) is 0 Å². The van der Waals surface area contributed by atoms with Crippen molar-refractivity contribution in [2.75, 3.05) is 6.61 Å². The molecule has 0 bridgehead atoms. The Labute approximate surface area is 103 Å². The molecule has 0 radical (unpaired) electrons. The number of ether oxygens (including phenoxy) is 1. The first kappa shape index (κ1) is 13.4. The molecule has 1 fully saturated rings. The van der Waals surface area contributed by atoms with Crippen LogP contribution in [0.4, 0.5) is 0 Å². The third-order valence-corrected chi connectivity index (χ3v) is 2.92. The maximum atomic E-state index is 11.5. The van der Waals surface area contributed by atoms with Crippen LogP contribution < -0.4 is 11.2 Å². The summed E-state index contributed by atoms with van der Waals surface area (Å²) in [6.45, 7) is 0.0531. The second kappa shape index (κ2) is 5.29. The van der Waals surface area contributed by atoms with E-state index in [0.29, 0.717) is 0 Å². The quantitative estimate of drug-likeness (QED) is 0.548. The van der Waals surface area contributed by atoms with Crippen LogP contribution in [-0.4, -0.2) is 44.7 Å². The predicted molar refractivity (Wildman–Crippen MR) is 62.9 cm³/mol. The molecule has 3 N–H and O–H groups in total. The molecule has 1 unspecified atom stereocenters. The lowest BCUT2D eigenvalue weighted by atomic mass is 10.1. The van der Waals surface area contributed by atoms with Gasteiger partial charge < -0.3 is 19.5 Å². The minimum atomic E-state index is -1.28. The third-order valence-electron chi connectivity index (χ3n) is 2.72. The van der Waals surface area contributed by atoms with Gasteiger partial charge in [-0.25, -0.2) is 4.79 Å². The molecule has 2 heterocycles. The maximum absolute atomic E-state index is 11.5. The van der Waals surface area contributed by atoms with Crippen LogP contribution in [0.3, 0.4) is 0 Å². The highest BCUT2D eigenvalue weighted by Gasteiger charge is 2.43. The van der Waals surface area contributed by atoms with Gasteiger partial charge in [0.1, 0.15) is 18.3 Å². The Balaban J connectivity index is 2.29. The van der Waals surface area contributed by atoms with Gasteiger partial charge in [-0.1, -0.05) is 0 Å². The Morgan fingerprint density at radius 3 is 2.78 bits per heavy atom. The second-order valence-electron chi connectivity index (χ2n) is 3.90.